The Labute approximate surface area is 157 Å². The van der Waals surface area contributed by atoms with Gasteiger partial charge in [-0.15, -0.1) is 10.2 Å². The lowest BCUT2D eigenvalue weighted by molar-refractivity contribution is 0.866. The van der Waals surface area contributed by atoms with Gasteiger partial charge in [-0.25, -0.2) is 5.43 Å². The predicted molar refractivity (Wildman–Crippen MR) is 110 cm³/mol. The maximum absolute atomic E-state index is 4.44. The van der Waals surface area contributed by atoms with Gasteiger partial charge in [-0.1, -0.05) is 30.3 Å². The molecule has 4 rings (SSSR count). The van der Waals surface area contributed by atoms with Crippen molar-refractivity contribution in [2.45, 2.75) is 13.8 Å². The molecule has 2 aromatic carbocycles. The second kappa shape index (κ2) is 7.41. The van der Waals surface area contributed by atoms with Gasteiger partial charge in [0.25, 0.3) is 5.95 Å². The molecule has 0 atom stereocenters. The fourth-order valence-corrected chi connectivity index (χ4v) is 3.09. The van der Waals surface area contributed by atoms with E-state index in [4.69, 9.17) is 0 Å². The van der Waals surface area contributed by atoms with Gasteiger partial charge >= 0.3 is 0 Å². The van der Waals surface area contributed by atoms with E-state index in [0.29, 0.717) is 11.6 Å². The Morgan fingerprint density at radius 2 is 1.81 bits per heavy atom. The molecule has 2 N–H and O–H groups in total. The van der Waals surface area contributed by atoms with Gasteiger partial charge in [0, 0.05) is 29.7 Å². The van der Waals surface area contributed by atoms with Gasteiger partial charge in [-0.05, 0) is 37.6 Å². The summed E-state index contributed by atoms with van der Waals surface area (Å²) in [5.74, 6) is 0.352. The average Bonchev–Trinajstić information content (AvgIpc) is 3.08. The summed E-state index contributed by atoms with van der Waals surface area (Å²) < 4.78 is 0. The molecule has 7 heteroatoms. The third kappa shape index (κ3) is 3.44. The summed E-state index contributed by atoms with van der Waals surface area (Å²) in [7, 11) is 0. The van der Waals surface area contributed by atoms with Gasteiger partial charge < -0.3 is 9.88 Å². The minimum atomic E-state index is 0.352. The number of benzene rings is 2. The van der Waals surface area contributed by atoms with Crippen molar-refractivity contribution in [1.29, 1.82) is 0 Å². The molecule has 0 saturated carbocycles. The lowest BCUT2D eigenvalue weighted by atomic mass is 10.2. The Bertz CT molecular complexity index is 1080. The minimum Gasteiger partial charge on any atom is -0.372 e. The summed E-state index contributed by atoms with van der Waals surface area (Å²) in [4.78, 5) is 9.99. The summed E-state index contributed by atoms with van der Waals surface area (Å²) in [5, 5.41) is 13.6. The van der Waals surface area contributed by atoms with Crippen LogP contribution in [0.2, 0.25) is 0 Å². The van der Waals surface area contributed by atoms with E-state index in [-0.39, 0.29) is 0 Å². The summed E-state index contributed by atoms with van der Waals surface area (Å²) >= 11 is 0. The number of fused-ring (bicyclic) bond motifs is 3. The molecule has 0 bridgehead atoms. The fourth-order valence-electron chi connectivity index (χ4n) is 3.09. The topological polar surface area (TPSA) is 82.1 Å². The van der Waals surface area contributed by atoms with Gasteiger partial charge in [-0.2, -0.15) is 10.1 Å². The maximum Gasteiger partial charge on any atom is 0.265 e. The van der Waals surface area contributed by atoms with Gasteiger partial charge in [0.1, 0.15) is 5.52 Å². The lowest BCUT2D eigenvalue weighted by Crippen LogP contribution is -2.21. The third-order valence-corrected chi connectivity index (χ3v) is 4.52. The normalized spacial score (nSPS) is 11.5. The van der Waals surface area contributed by atoms with Gasteiger partial charge in [0.05, 0.1) is 6.21 Å². The molecule has 0 spiro atoms. The van der Waals surface area contributed by atoms with E-state index in [9.17, 15) is 0 Å². The van der Waals surface area contributed by atoms with Crippen LogP contribution < -0.4 is 10.3 Å². The number of aromatic nitrogens is 4. The van der Waals surface area contributed by atoms with Gasteiger partial charge in [0.15, 0.2) is 5.65 Å². The van der Waals surface area contributed by atoms with E-state index in [1.54, 1.807) is 6.21 Å². The summed E-state index contributed by atoms with van der Waals surface area (Å²) in [6.07, 6.45) is 1.74. The monoisotopic (exact) mass is 359 g/mol. The van der Waals surface area contributed by atoms with Crippen molar-refractivity contribution in [2.24, 2.45) is 5.10 Å². The zero-order valence-electron chi connectivity index (χ0n) is 15.3. The Hall–Kier alpha value is -3.48. The lowest BCUT2D eigenvalue weighted by Gasteiger charge is -2.20. The molecule has 0 amide bonds. The summed E-state index contributed by atoms with van der Waals surface area (Å²) in [6.45, 7) is 6.29. The van der Waals surface area contributed by atoms with Crippen molar-refractivity contribution in [3.8, 4) is 0 Å². The molecule has 2 aromatic heterocycles. The highest BCUT2D eigenvalue weighted by atomic mass is 15.4. The number of hydrogen-bond donors (Lipinski definition) is 2. The quantitative estimate of drug-likeness (QED) is 0.404. The molecule has 0 unspecified atom stereocenters. The summed E-state index contributed by atoms with van der Waals surface area (Å²) in [5.41, 5.74) is 7.49. The zero-order chi connectivity index (χ0) is 18.6. The van der Waals surface area contributed by atoms with E-state index < -0.39 is 0 Å². The van der Waals surface area contributed by atoms with Crippen LogP contribution in [0.3, 0.4) is 0 Å². The van der Waals surface area contributed by atoms with Crippen LogP contribution in [0.25, 0.3) is 22.1 Å². The van der Waals surface area contributed by atoms with Crippen LogP contribution in [-0.4, -0.2) is 39.5 Å². The number of nitrogens with one attached hydrogen (secondary N) is 2. The van der Waals surface area contributed by atoms with Crippen molar-refractivity contribution in [3.63, 3.8) is 0 Å². The van der Waals surface area contributed by atoms with Crippen molar-refractivity contribution < 1.29 is 0 Å². The van der Waals surface area contributed by atoms with Crippen LogP contribution in [0, 0.1) is 0 Å². The molecule has 7 nitrogen and oxygen atoms in total. The second-order valence-corrected chi connectivity index (χ2v) is 6.14. The number of hydrazone groups is 1. The number of hydrogen-bond acceptors (Lipinski definition) is 6. The van der Waals surface area contributed by atoms with E-state index in [1.807, 2.05) is 36.4 Å². The van der Waals surface area contributed by atoms with E-state index in [1.165, 1.54) is 5.69 Å². The van der Waals surface area contributed by atoms with Gasteiger partial charge in [0.2, 0.25) is 0 Å². The molecule has 0 fully saturated rings. The molecule has 0 aliphatic heterocycles. The van der Waals surface area contributed by atoms with Crippen LogP contribution >= 0.6 is 0 Å². The second-order valence-electron chi connectivity index (χ2n) is 6.14. The predicted octanol–water partition coefficient (Wildman–Crippen LogP) is 3.80. The minimum absolute atomic E-state index is 0.352. The van der Waals surface area contributed by atoms with Crippen LogP contribution in [0.5, 0.6) is 0 Å². The Kier molecular flexibility index (Phi) is 4.65. The Morgan fingerprint density at radius 3 is 2.59 bits per heavy atom. The molecule has 27 heavy (non-hydrogen) atoms. The highest BCUT2D eigenvalue weighted by Crippen LogP contribution is 2.21. The molecule has 2 heterocycles. The van der Waals surface area contributed by atoms with Crippen molar-refractivity contribution >= 4 is 39.9 Å². The van der Waals surface area contributed by atoms with Crippen LogP contribution in [-0.2, 0) is 0 Å². The van der Waals surface area contributed by atoms with E-state index >= 15 is 0 Å². The van der Waals surface area contributed by atoms with E-state index in [2.05, 4.69) is 61.6 Å². The van der Waals surface area contributed by atoms with E-state index in [0.717, 1.165) is 35.1 Å². The standard InChI is InChI=1S/C20H21N7/c1-3-27(4-2)15-11-9-14(10-12-15)13-21-25-20-23-19-18(24-26-20)16-7-5-6-8-17(16)22-19/h5-13H,3-4H2,1-2H3,(H2,22,23,25,26)/b21-13+. The summed E-state index contributed by atoms with van der Waals surface area (Å²) in [6, 6.07) is 16.2. The fraction of sp³-hybridized carbons (Fsp3) is 0.200. The first kappa shape index (κ1) is 17.0. The zero-order valence-corrected chi connectivity index (χ0v) is 15.3. The highest BCUT2D eigenvalue weighted by molar-refractivity contribution is 6.03. The number of H-pyrrole nitrogens is 1. The van der Waals surface area contributed by atoms with Crippen molar-refractivity contribution in [3.05, 3.63) is 54.1 Å². The van der Waals surface area contributed by atoms with Gasteiger partial charge in [-0.3, -0.25) is 0 Å². The average molecular weight is 359 g/mol. The number of para-hydroxylation sites is 1. The molecule has 4 aromatic rings. The van der Waals surface area contributed by atoms with Crippen LogP contribution in [0.1, 0.15) is 19.4 Å². The van der Waals surface area contributed by atoms with Crippen LogP contribution in [0.4, 0.5) is 11.6 Å². The first-order valence-electron chi connectivity index (χ1n) is 9.03. The Balaban J connectivity index is 1.48. The molecule has 136 valence electrons. The molecule has 0 radical (unpaired) electrons. The molecular formula is C20H21N7. The van der Waals surface area contributed by atoms with Crippen molar-refractivity contribution in [1.82, 2.24) is 20.2 Å². The largest absolute Gasteiger partial charge is 0.372 e. The number of aromatic amines is 1. The number of anilines is 2. The highest BCUT2D eigenvalue weighted by Gasteiger charge is 2.08. The molecule has 0 aliphatic carbocycles. The Morgan fingerprint density at radius 1 is 1.04 bits per heavy atom. The molecule has 0 aliphatic rings. The number of nitrogens with zero attached hydrogens (tertiary/aromatic N) is 5. The van der Waals surface area contributed by atoms with Crippen LogP contribution in [0.15, 0.2) is 53.6 Å². The maximum atomic E-state index is 4.44. The molecule has 0 saturated heterocycles. The third-order valence-electron chi connectivity index (χ3n) is 4.52. The smallest absolute Gasteiger partial charge is 0.265 e. The first-order chi connectivity index (χ1) is 13.3. The molecular weight excluding hydrogens is 338 g/mol. The SMILES string of the molecule is CCN(CC)c1ccc(/C=N/Nc2nnc3c(n2)[nH]c2ccccc23)cc1. The van der Waals surface area contributed by atoms with Crippen molar-refractivity contribution in [2.75, 3.05) is 23.4 Å². The first-order valence-corrected chi connectivity index (χ1v) is 9.03. The number of rotatable bonds is 6.